The van der Waals surface area contributed by atoms with E-state index in [2.05, 4.69) is 11.9 Å². The van der Waals surface area contributed by atoms with Gasteiger partial charge in [-0.15, -0.1) is 0 Å². The van der Waals surface area contributed by atoms with Crippen molar-refractivity contribution in [3.05, 3.63) is 0 Å². The zero-order valence-corrected chi connectivity index (χ0v) is 6.39. The van der Waals surface area contributed by atoms with Gasteiger partial charge < -0.3 is 0 Å². The fourth-order valence-electron chi connectivity index (χ4n) is 2.37. The second kappa shape index (κ2) is 2.19. The maximum atomic E-state index is 13.1. The van der Waals surface area contributed by atoms with Crippen molar-refractivity contribution in [1.29, 1.82) is 0 Å². The molecule has 2 heterocycles. The van der Waals surface area contributed by atoms with Crippen molar-refractivity contribution in [3.63, 3.8) is 0 Å². The molecule has 0 aliphatic carbocycles. The minimum atomic E-state index is -0.538. The van der Waals surface area contributed by atoms with Crippen molar-refractivity contribution in [3.8, 4) is 0 Å². The summed E-state index contributed by atoms with van der Waals surface area (Å²) >= 11 is 0. The lowest BCUT2D eigenvalue weighted by molar-refractivity contribution is 0.0896. The van der Waals surface area contributed by atoms with Crippen LogP contribution in [0.2, 0.25) is 0 Å². The molecule has 2 heteroatoms. The van der Waals surface area contributed by atoms with E-state index in [0.717, 1.165) is 19.3 Å². The van der Waals surface area contributed by atoms with Crippen LogP contribution in [-0.2, 0) is 0 Å². The van der Waals surface area contributed by atoms with Crippen LogP contribution in [0.1, 0.15) is 25.7 Å². The predicted octanol–water partition coefficient (Wildman–Crippen LogP) is 1.58. The van der Waals surface area contributed by atoms with E-state index in [1.165, 1.54) is 6.42 Å². The minimum Gasteiger partial charge on any atom is -0.298 e. The lowest BCUT2D eigenvalue weighted by Crippen LogP contribution is -2.42. The highest BCUT2D eigenvalue weighted by atomic mass is 19.1. The molecule has 0 N–H and O–H groups in total. The molecule has 2 saturated heterocycles. The molecule has 58 valence electrons. The third-order valence-corrected chi connectivity index (χ3v) is 3.09. The monoisotopic (exact) mass is 143 g/mol. The standard InChI is InChI=1S/C8H14FN/c1-10-6-2-4-7(9)8(10)5-3-6/h6-8H,2-5H2,1H3/t6-,7?,8-/m0/s1. The first-order chi connectivity index (χ1) is 4.79. The van der Waals surface area contributed by atoms with Crippen molar-refractivity contribution in [2.45, 2.75) is 43.9 Å². The van der Waals surface area contributed by atoms with Crippen LogP contribution in [0.3, 0.4) is 0 Å². The molecule has 0 aromatic heterocycles. The van der Waals surface area contributed by atoms with Gasteiger partial charge in [-0.2, -0.15) is 0 Å². The largest absolute Gasteiger partial charge is 0.298 e. The first-order valence-electron chi connectivity index (χ1n) is 4.15. The first kappa shape index (κ1) is 6.59. The number of nitrogens with zero attached hydrogens (tertiary/aromatic N) is 1. The smallest absolute Gasteiger partial charge is 0.116 e. The van der Waals surface area contributed by atoms with E-state index in [0.29, 0.717) is 6.04 Å². The molecule has 2 bridgehead atoms. The van der Waals surface area contributed by atoms with Crippen LogP contribution in [0, 0.1) is 0 Å². The Morgan fingerprint density at radius 3 is 2.60 bits per heavy atom. The first-order valence-corrected chi connectivity index (χ1v) is 4.15. The molecule has 0 radical (unpaired) electrons. The number of hydrogen-bond acceptors (Lipinski definition) is 1. The van der Waals surface area contributed by atoms with E-state index in [-0.39, 0.29) is 6.04 Å². The molecule has 2 aliphatic heterocycles. The van der Waals surface area contributed by atoms with Gasteiger partial charge >= 0.3 is 0 Å². The lowest BCUT2D eigenvalue weighted by atomic mass is 10.0. The predicted molar refractivity (Wildman–Crippen MR) is 38.7 cm³/mol. The summed E-state index contributed by atoms with van der Waals surface area (Å²) in [5.74, 6) is 0. The molecule has 0 aromatic carbocycles. The average Bonchev–Trinajstić information content (AvgIpc) is 2.13. The van der Waals surface area contributed by atoms with Gasteiger partial charge in [0.1, 0.15) is 6.17 Å². The Balaban J connectivity index is 2.13. The highest BCUT2D eigenvalue weighted by Crippen LogP contribution is 2.35. The van der Waals surface area contributed by atoms with Crippen molar-refractivity contribution in [1.82, 2.24) is 4.90 Å². The number of hydrogen-bond donors (Lipinski definition) is 0. The van der Waals surface area contributed by atoms with Crippen molar-refractivity contribution >= 4 is 0 Å². The van der Waals surface area contributed by atoms with Crippen molar-refractivity contribution in [2.24, 2.45) is 0 Å². The van der Waals surface area contributed by atoms with Gasteiger partial charge in [-0.1, -0.05) is 0 Å². The van der Waals surface area contributed by atoms with E-state index >= 15 is 0 Å². The van der Waals surface area contributed by atoms with Gasteiger partial charge in [0.05, 0.1) is 0 Å². The lowest BCUT2D eigenvalue weighted by Gasteiger charge is -2.33. The van der Waals surface area contributed by atoms with Crippen LogP contribution in [0.5, 0.6) is 0 Å². The SMILES string of the molecule is CN1[C@H]2CCC(F)[C@@H]1CC2. The second-order valence-electron chi connectivity index (χ2n) is 3.56. The summed E-state index contributed by atoms with van der Waals surface area (Å²) in [6, 6.07) is 0.968. The number of alkyl halides is 1. The Morgan fingerprint density at radius 2 is 1.90 bits per heavy atom. The molecule has 1 nitrogen and oxygen atoms in total. The van der Waals surface area contributed by atoms with Crippen LogP contribution >= 0.6 is 0 Å². The molecular formula is C8H14FN. The zero-order chi connectivity index (χ0) is 7.14. The van der Waals surface area contributed by atoms with E-state index in [1.807, 2.05) is 0 Å². The van der Waals surface area contributed by atoms with Crippen LogP contribution in [0.25, 0.3) is 0 Å². The van der Waals surface area contributed by atoms with Crippen LogP contribution in [-0.4, -0.2) is 30.2 Å². The normalized spacial score (nSPS) is 48.0. The number of piperidine rings is 1. The summed E-state index contributed by atoms with van der Waals surface area (Å²) in [5, 5.41) is 0. The minimum absolute atomic E-state index is 0.263. The van der Waals surface area contributed by atoms with Gasteiger partial charge in [0, 0.05) is 12.1 Å². The molecule has 1 unspecified atom stereocenters. The van der Waals surface area contributed by atoms with Gasteiger partial charge in [-0.25, -0.2) is 4.39 Å². The van der Waals surface area contributed by atoms with E-state index in [4.69, 9.17) is 0 Å². The summed E-state index contributed by atoms with van der Waals surface area (Å²) in [6.07, 6.45) is 3.65. The molecule has 0 saturated carbocycles. The Kier molecular flexibility index (Phi) is 1.44. The number of halogens is 1. The molecule has 2 aliphatic rings. The Labute approximate surface area is 61.2 Å². The van der Waals surface area contributed by atoms with Gasteiger partial charge in [0.2, 0.25) is 0 Å². The maximum Gasteiger partial charge on any atom is 0.116 e. The summed E-state index contributed by atoms with van der Waals surface area (Å²) in [6.45, 7) is 0. The fraction of sp³-hybridized carbons (Fsp3) is 1.00. The Morgan fingerprint density at radius 1 is 1.20 bits per heavy atom. The molecule has 0 spiro atoms. The fourth-order valence-corrected chi connectivity index (χ4v) is 2.37. The molecule has 3 atom stereocenters. The average molecular weight is 143 g/mol. The highest BCUT2D eigenvalue weighted by Gasteiger charge is 2.39. The van der Waals surface area contributed by atoms with Gasteiger partial charge in [0.15, 0.2) is 0 Å². The van der Waals surface area contributed by atoms with Gasteiger partial charge in [0.25, 0.3) is 0 Å². The van der Waals surface area contributed by atoms with Crippen molar-refractivity contribution < 1.29 is 4.39 Å². The van der Waals surface area contributed by atoms with Crippen molar-refractivity contribution in [2.75, 3.05) is 7.05 Å². The van der Waals surface area contributed by atoms with E-state index < -0.39 is 6.17 Å². The molecule has 2 rings (SSSR count). The summed E-state index contributed by atoms with van der Waals surface area (Å²) < 4.78 is 13.1. The highest BCUT2D eigenvalue weighted by molar-refractivity contribution is 4.94. The summed E-state index contributed by atoms with van der Waals surface area (Å²) in [7, 11) is 2.06. The van der Waals surface area contributed by atoms with E-state index in [9.17, 15) is 4.39 Å². The molecule has 10 heavy (non-hydrogen) atoms. The molecule has 2 fully saturated rings. The topological polar surface area (TPSA) is 3.24 Å². The summed E-state index contributed by atoms with van der Waals surface area (Å²) in [5.41, 5.74) is 0. The maximum absolute atomic E-state index is 13.1. The van der Waals surface area contributed by atoms with Crippen LogP contribution < -0.4 is 0 Å². The molecule has 0 amide bonds. The quantitative estimate of drug-likeness (QED) is 0.497. The Bertz CT molecular complexity index is 137. The zero-order valence-electron chi connectivity index (χ0n) is 6.39. The molecule has 0 aromatic rings. The van der Waals surface area contributed by atoms with Gasteiger partial charge in [-0.05, 0) is 32.7 Å². The number of fused-ring (bicyclic) bond motifs is 2. The van der Waals surface area contributed by atoms with Gasteiger partial charge in [-0.3, -0.25) is 4.90 Å². The van der Waals surface area contributed by atoms with Crippen LogP contribution in [0.4, 0.5) is 4.39 Å². The molecular weight excluding hydrogens is 129 g/mol. The summed E-state index contributed by atoms with van der Waals surface area (Å²) in [4.78, 5) is 2.23. The number of rotatable bonds is 0. The van der Waals surface area contributed by atoms with Crippen LogP contribution in [0.15, 0.2) is 0 Å². The third-order valence-electron chi connectivity index (χ3n) is 3.09. The second-order valence-corrected chi connectivity index (χ2v) is 3.56. The van der Waals surface area contributed by atoms with E-state index in [1.54, 1.807) is 0 Å². The Hall–Kier alpha value is -0.110. The third kappa shape index (κ3) is 0.782.